The van der Waals surface area contributed by atoms with Gasteiger partial charge in [0.1, 0.15) is 12.4 Å². The molecular formula is C18H25NO5. The van der Waals surface area contributed by atoms with Crippen molar-refractivity contribution < 1.29 is 25.0 Å². The van der Waals surface area contributed by atoms with Crippen LogP contribution in [0.15, 0.2) is 48.1 Å². The lowest BCUT2D eigenvalue weighted by Gasteiger charge is -2.18. The van der Waals surface area contributed by atoms with Crippen molar-refractivity contribution in [1.82, 2.24) is 5.48 Å². The number of aliphatic hydroxyl groups excluding tert-OH is 2. The Hall–Kier alpha value is -2.15. The number of hydrogen-bond donors (Lipinski definition) is 4. The van der Waals surface area contributed by atoms with Crippen LogP contribution in [0.1, 0.15) is 31.9 Å². The molecule has 132 valence electrons. The first kappa shape index (κ1) is 19.9. The van der Waals surface area contributed by atoms with Crippen molar-refractivity contribution in [2.24, 2.45) is 5.92 Å². The Morgan fingerprint density at radius 2 is 2.00 bits per heavy atom. The SMILES string of the molecule is CC(/C=C/C[C@@H](C)[C@@H](O)c1ccc(OCCO)cc1)=C\C(=O)NO. The van der Waals surface area contributed by atoms with Gasteiger partial charge in [0.15, 0.2) is 0 Å². The third-order valence-corrected chi connectivity index (χ3v) is 3.48. The molecule has 0 bridgehead atoms. The van der Waals surface area contributed by atoms with E-state index >= 15 is 0 Å². The van der Waals surface area contributed by atoms with Crippen molar-refractivity contribution in [3.63, 3.8) is 0 Å². The van der Waals surface area contributed by atoms with Gasteiger partial charge in [0.25, 0.3) is 5.91 Å². The summed E-state index contributed by atoms with van der Waals surface area (Å²) in [5, 5.41) is 27.5. The zero-order chi connectivity index (χ0) is 17.9. The lowest BCUT2D eigenvalue weighted by Crippen LogP contribution is -2.15. The van der Waals surface area contributed by atoms with Gasteiger partial charge in [-0.3, -0.25) is 10.0 Å². The van der Waals surface area contributed by atoms with E-state index in [4.69, 9.17) is 15.1 Å². The summed E-state index contributed by atoms with van der Waals surface area (Å²) in [5.41, 5.74) is 3.03. The van der Waals surface area contributed by atoms with Crippen LogP contribution >= 0.6 is 0 Å². The van der Waals surface area contributed by atoms with Gasteiger partial charge in [0.05, 0.1) is 12.7 Å². The summed E-state index contributed by atoms with van der Waals surface area (Å²) < 4.78 is 5.28. The highest BCUT2D eigenvalue weighted by molar-refractivity contribution is 5.87. The maximum absolute atomic E-state index is 11.0. The lowest BCUT2D eigenvalue weighted by molar-refractivity contribution is -0.124. The molecule has 0 spiro atoms. The number of hydroxylamine groups is 1. The molecule has 1 aromatic carbocycles. The van der Waals surface area contributed by atoms with Crippen molar-refractivity contribution in [2.45, 2.75) is 26.4 Å². The monoisotopic (exact) mass is 335 g/mol. The lowest BCUT2D eigenvalue weighted by atomic mass is 9.94. The molecule has 0 unspecified atom stereocenters. The number of nitrogens with one attached hydrogen (secondary N) is 1. The molecule has 6 nitrogen and oxygen atoms in total. The Kier molecular flexibility index (Phi) is 8.78. The third-order valence-electron chi connectivity index (χ3n) is 3.48. The van der Waals surface area contributed by atoms with Gasteiger partial charge in [-0.1, -0.05) is 31.2 Å². The first-order valence-electron chi connectivity index (χ1n) is 7.78. The Labute approximate surface area is 142 Å². The van der Waals surface area contributed by atoms with E-state index in [2.05, 4.69) is 0 Å². The molecule has 0 radical (unpaired) electrons. The van der Waals surface area contributed by atoms with Crippen LogP contribution in [0.25, 0.3) is 0 Å². The molecule has 0 saturated heterocycles. The highest BCUT2D eigenvalue weighted by atomic mass is 16.5. The smallest absolute Gasteiger partial charge is 0.267 e. The quantitative estimate of drug-likeness (QED) is 0.240. The molecule has 1 rings (SSSR count). The fourth-order valence-corrected chi connectivity index (χ4v) is 2.14. The van der Waals surface area contributed by atoms with E-state index in [9.17, 15) is 9.90 Å². The zero-order valence-corrected chi connectivity index (χ0v) is 14.0. The molecule has 24 heavy (non-hydrogen) atoms. The highest BCUT2D eigenvalue weighted by Crippen LogP contribution is 2.26. The number of ether oxygens (including phenoxy) is 1. The number of rotatable bonds is 9. The first-order chi connectivity index (χ1) is 11.5. The summed E-state index contributed by atoms with van der Waals surface area (Å²) in [7, 11) is 0. The van der Waals surface area contributed by atoms with E-state index in [1.54, 1.807) is 37.3 Å². The number of hydrogen-bond acceptors (Lipinski definition) is 5. The van der Waals surface area contributed by atoms with E-state index in [-0.39, 0.29) is 19.1 Å². The Morgan fingerprint density at radius 1 is 1.33 bits per heavy atom. The van der Waals surface area contributed by atoms with Crippen LogP contribution in [0.4, 0.5) is 0 Å². The first-order valence-corrected chi connectivity index (χ1v) is 7.78. The van der Waals surface area contributed by atoms with Crippen molar-refractivity contribution in [2.75, 3.05) is 13.2 Å². The van der Waals surface area contributed by atoms with Crippen LogP contribution in [0.5, 0.6) is 5.75 Å². The Bertz CT molecular complexity index is 565. The molecule has 1 aromatic rings. The van der Waals surface area contributed by atoms with Crippen molar-refractivity contribution in [3.8, 4) is 5.75 Å². The average Bonchev–Trinajstić information content (AvgIpc) is 2.59. The normalized spacial score (nSPS) is 14.5. The number of carbonyl (C=O) groups is 1. The molecule has 0 aromatic heterocycles. The molecular weight excluding hydrogens is 310 g/mol. The maximum Gasteiger partial charge on any atom is 0.267 e. The van der Waals surface area contributed by atoms with E-state index in [1.165, 1.54) is 11.6 Å². The van der Waals surface area contributed by atoms with Gasteiger partial charge in [0.2, 0.25) is 0 Å². The fourth-order valence-electron chi connectivity index (χ4n) is 2.14. The Morgan fingerprint density at radius 3 is 2.58 bits per heavy atom. The second-order valence-corrected chi connectivity index (χ2v) is 5.57. The van der Waals surface area contributed by atoms with Crippen LogP contribution in [-0.2, 0) is 4.79 Å². The van der Waals surface area contributed by atoms with Crippen molar-refractivity contribution in [3.05, 3.63) is 53.6 Å². The van der Waals surface area contributed by atoms with E-state index < -0.39 is 12.0 Å². The molecule has 0 fully saturated rings. The summed E-state index contributed by atoms with van der Waals surface area (Å²) in [5.74, 6) is 0.0640. The van der Waals surface area contributed by atoms with Gasteiger partial charge in [0, 0.05) is 6.08 Å². The second kappa shape index (κ2) is 10.6. The van der Waals surface area contributed by atoms with Crippen LogP contribution in [0.2, 0.25) is 0 Å². The molecule has 0 saturated carbocycles. The van der Waals surface area contributed by atoms with E-state index in [1.807, 2.05) is 13.0 Å². The number of allylic oxidation sites excluding steroid dienone is 3. The van der Waals surface area contributed by atoms with E-state index in [0.717, 1.165) is 5.56 Å². The maximum atomic E-state index is 11.0. The summed E-state index contributed by atoms with van der Waals surface area (Å²) in [6.45, 7) is 3.88. The van der Waals surface area contributed by atoms with E-state index in [0.29, 0.717) is 17.7 Å². The Balaban J connectivity index is 2.56. The fraction of sp³-hybridized carbons (Fsp3) is 0.389. The van der Waals surface area contributed by atoms with Gasteiger partial charge < -0.3 is 14.9 Å². The van der Waals surface area contributed by atoms with Gasteiger partial charge in [-0.15, -0.1) is 0 Å². The molecule has 0 heterocycles. The minimum atomic E-state index is -0.619. The van der Waals surface area contributed by atoms with Crippen molar-refractivity contribution in [1.29, 1.82) is 0 Å². The molecule has 4 N–H and O–H groups in total. The summed E-state index contributed by atoms with van der Waals surface area (Å²) in [6.07, 6.45) is 4.94. The van der Waals surface area contributed by atoms with Gasteiger partial charge in [-0.25, -0.2) is 5.48 Å². The second-order valence-electron chi connectivity index (χ2n) is 5.57. The molecule has 0 aliphatic heterocycles. The van der Waals surface area contributed by atoms with Gasteiger partial charge in [-0.05, 0) is 42.5 Å². The van der Waals surface area contributed by atoms with Crippen LogP contribution in [-0.4, -0.2) is 34.5 Å². The number of aliphatic hydroxyl groups is 2. The number of benzene rings is 1. The third kappa shape index (κ3) is 6.95. The molecule has 1 amide bonds. The van der Waals surface area contributed by atoms with Crippen LogP contribution in [0, 0.1) is 5.92 Å². The topological polar surface area (TPSA) is 99.0 Å². The minimum Gasteiger partial charge on any atom is -0.491 e. The number of amides is 1. The summed E-state index contributed by atoms with van der Waals surface area (Å²) >= 11 is 0. The zero-order valence-electron chi connectivity index (χ0n) is 14.0. The van der Waals surface area contributed by atoms with Crippen molar-refractivity contribution >= 4 is 5.91 Å². The van der Waals surface area contributed by atoms with Crippen LogP contribution < -0.4 is 10.2 Å². The minimum absolute atomic E-state index is 0.00933. The predicted molar refractivity (Wildman–Crippen MR) is 90.6 cm³/mol. The standard InChI is InChI=1S/C18H25NO5/c1-13(12-17(21)19-23)4-3-5-14(2)18(22)15-6-8-16(9-7-15)24-11-10-20/h3-4,6-9,12,14,18,20,22-23H,5,10-11H2,1-2H3,(H,19,21)/b4-3+,13-12+/t14-,18-/m1/s1. The molecule has 0 aliphatic rings. The van der Waals surface area contributed by atoms with Gasteiger partial charge >= 0.3 is 0 Å². The average molecular weight is 335 g/mol. The largest absolute Gasteiger partial charge is 0.491 e. The highest BCUT2D eigenvalue weighted by Gasteiger charge is 2.15. The molecule has 0 aliphatic carbocycles. The molecule has 2 atom stereocenters. The predicted octanol–water partition coefficient (Wildman–Crippen LogP) is 2.13. The van der Waals surface area contributed by atoms with Crippen LogP contribution in [0.3, 0.4) is 0 Å². The summed E-state index contributed by atoms with van der Waals surface area (Å²) in [6, 6.07) is 7.12. The van der Waals surface area contributed by atoms with Gasteiger partial charge in [-0.2, -0.15) is 0 Å². The summed E-state index contributed by atoms with van der Waals surface area (Å²) in [4.78, 5) is 11.0. The number of carbonyl (C=O) groups excluding carboxylic acids is 1. The molecule has 6 heteroatoms.